The zero-order valence-corrected chi connectivity index (χ0v) is 12.4. The van der Waals surface area contributed by atoms with Crippen LogP contribution in [0.5, 0.6) is 0 Å². The predicted molar refractivity (Wildman–Crippen MR) is 71.8 cm³/mol. The van der Waals surface area contributed by atoms with Crippen LogP contribution in [0.25, 0.3) is 0 Å². The second-order valence-corrected chi connectivity index (χ2v) is 7.06. The molecule has 0 saturated heterocycles. The van der Waals surface area contributed by atoms with Crippen molar-refractivity contribution < 1.29 is 21.6 Å². The second-order valence-electron chi connectivity index (χ2n) is 4.80. The Bertz CT molecular complexity index is 738. The van der Waals surface area contributed by atoms with E-state index in [0.29, 0.717) is 11.4 Å². The van der Waals surface area contributed by atoms with Gasteiger partial charge in [0, 0.05) is 12.7 Å². The Balaban J connectivity index is 2.01. The van der Waals surface area contributed by atoms with Gasteiger partial charge in [0.05, 0.1) is 17.9 Å². The summed E-state index contributed by atoms with van der Waals surface area (Å²) >= 11 is 0. The maximum atomic E-state index is 12.4. The van der Waals surface area contributed by atoms with Gasteiger partial charge in [0.15, 0.2) is 5.82 Å². The number of nitrogens with zero attached hydrogens (tertiary/aromatic N) is 4. The molecule has 0 unspecified atom stereocenters. The van der Waals surface area contributed by atoms with Crippen molar-refractivity contribution in [3.8, 4) is 0 Å². The van der Waals surface area contributed by atoms with Crippen LogP contribution < -0.4 is 0 Å². The lowest BCUT2D eigenvalue weighted by Gasteiger charge is -2.06. The average molecular weight is 334 g/mol. The van der Waals surface area contributed by atoms with Crippen molar-refractivity contribution in [2.75, 3.05) is 12.0 Å². The summed E-state index contributed by atoms with van der Waals surface area (Å²) in [4.78, 5) is 1.15. The first-order valence-electron chi connectivity index (χ1n) is 6.24. The van der Waals surface area contributed by atoms with Crippen molar-refractivity contribution >= 4 is 9.84 Å². The van der Waals surface area contributed by atoms with Crippen LogP contribution in [0.3, 0.4) is 0 Å². The van der Waals surface area contributed by atoms with Crippen LogP contribution in [-0.4, -0.2) is 40.6 Å². The molecule has 0 atom stereocenters. The molecule has 0 aliphatic rings. The van der Waals surface area contributed by atoms with Gasteiger partial charge >= 0.3 is 6.18 Å². The molecule has 0 aliphatic carbocycles. The fraction of sp³-hybridized carbons (Fsp3) is 0.417. The standard InChI is InChI=1S/C12H13F3N4O2S/c1-22(20,21)7-6-19-17-11(16-18-19)8-9-2-4-10(5-3-9)12(13,14)15/h2-5H,6-8H2,1H3. The number of alkyl halides is 3. The first-order valence-corrected chi connectivity index (χ1v) is 8.30. The Morgan fingerprint density at radius 1 is 1.18 bits per heavy atom. The SMILES string of the molecule is CS(=O)(=O)CCn1nnc(Cc2ccc(C(F)(F)F)cc2)n1. The Labute approximate surface area is 124 Å². The molecular formula is C12H13F3N4O2S. The van der Waals surface area contributed by atoms with E-state index in [0.717, 1.165) is 23.2 Å². The van der Waals surface area contributed by atoms with Gasteiger partial charge in [-0.2, -0.15) is 18.0 Å². The number of hydrogen-bond donors (Lipinski definition) is 0. The molecule has 0 fully saturated rings. The largest absolute Gasteiger partial charge is 0.416 e. The van der Waals surface area contributed by atoms with Crippen LogP contribution in [0.2, 0.25) is 0 Å². The Kier molecular flexibility index (Phi) is 4.50. The number of sulfone groups is 1. The van der Waals surface area contributed by atoms with Gasteiger partial charge in [-0.3, -0.25) is 0 Å². The Morgan fingerprint density at radius 2 is 1.82 bits per heavy atom. The van der Waals surface area contributed by atoms with Crippen LogP contribution in [0.4, 0.5) is 13.2 Å². The molecule has 1 aromatic carbocycles. The van der Waals surface area contributed by atoms with E-state index in [-0.39, 0.29) is 18.7 Å². The third-order valence-corrected chi connectivity index (χ3v) is 3.72. The first-order chi connectivity index (χ1) is 10.1. The zero-order valence-electron chi connectivity index (χ0n) is 11.6. The lowest BCUT2D eigenvalue weighted by atomic mass is 10.1. The molecule has 2 aromatic rings. The highest BCUT2D eigenvalue weighted by molar-refractivity contribution is 7.90. The number of aryl methyl sites for hydroxylation is 1. The van der Waals surface area contributed by atoms with E-state index in [1.54, 1.807) is 0 Å². The summed E-state index contributed by atoms with van der Waals surface area (Å²) < 4.78 is 59.4. The number of aromatic nitrogens is 4. The van der Waals surface area contributed by atoms with E-state index in [1.165, 1.54) is 12.1 Å². The monoisotopic (exact) mass is 334 g/mol. The molecule has 0 saturated carbocycles. The fourth-order valence-electron chi connectivity index (χ4n) is 1.68. The number of hydrogen-bond acceptors (Lipinski definition) is 5. The minimum absolute atomic E-state index is 0.0822. The van der Waals surface area contributed by atoms with Crippen LogP contribution in [0, 0.1) is 0 Å². The third kappa shape index (κ3) is 4.79. The molecule has 22 heavy (non-hydrogen) atoms. The summed E-state index contributed by atoms with van der Waals surface area (Å²) in [5.41, 5.74) is -0.114. The number of halogens is 3. The fourth-order valence-corrected chi connectivity index (χ4v) is 2.18. The van der Waals surface area contributed by atoms with Gasteiger partial charge in [-0.15, -0.1) is 10.2 Å². The predicted octanol–water partition coefficient (Wildman–Crippen LogP) is 1.33. The van der Waals surface area contributed by atoms with Crippen LogP contribution in [0.1, 0.15) is 17.0 Å². The summed E-state index contributed by atoms with van der Waals surface area (Å²) in [7, 11) is -3.13. The molecule has 0 bridgehead atoms. The van der Waals surface area contributed by atoms with E-state index in [9.17, 15) is 21.6 Å². The molecule has 0 radical (unpaired) electrons. The normalized spacial score (nSPS) is 12.5. The van der Waals surface area contributed by atoms with Crippen molar-refractivity contribution in [1.29, 1.82) is 0 Å². The lowest BCUT2D eigenvalue weighted by molar-refractivity contribution is -0.137. The molecule has 120 valence electrons. The van der Waals surface area contributed by atoms with Crippen LogP contribution in [0.15, 0.2) is 24.3 Å². The first kappa shape index (κ1) is 16.4. The van der Waals surface area contributed by atoms with E-state index in [1.807, 2.05) is 0 Å². The molecule has 1 aromatic heterocycles. The minimum Gasteiger partial charge on any atom is -0.229 e. The van der Waals surface area contributed by atoms with E-state index >= 15 is 0 Å². The number of tetrazole rings is 1. The summed E-state index contributed by atoms with van der Waals surface area (Å²) in [6, 6.07) is 4.67. The lowest BCUT2D eigenvalue weighted by Crippen LogP contribution is -2.13. The molecular weight excluding hydrogens is 321 g/mol. The van der Waals surface area contributed by atoms with Gasteiger partial charge in [-0.05, 0) is 22.9 Å². The molecule has 0 amide bonds. The second kappa shape index (κ2) is 6.03. The van der Waals surface area contributed by atoms with Crippen molar-refractivity contribution in [1.82, 2.24) is 20.2 Å². The quantitative estimate of drug-likeness (QED) is 0.824. The smallest absolute Gasteiger partial charge is 0.229 e. The highest BCUT2D eigenvalue weighted by Crippen LogP contribution is 2.29. The Hall–Kier alpha value is -1.97. The molecule has 6 nitrogen and oxygen atoms in total. The molecule has 0 N–H and O–H groups in total. The highest BCUT2D eigenvalue weighted by atomic mass is 32.2. The maximum absolute atomic E-state index is 12.4. The molecule has 0 aliphatic heterocycles. The third-order valence-electron chi connectivity index (χ3n) is 2.80. The van der Waals surface area contributed by atoms with Gasteiger partial charge in [0.1, 0.15) is 9.84 Å². The number of rotatable bonds is 5. The van der Waals surface area contributed by atoms with Gasteiger partial charge < -0.3 is 0 Å². The van der Waals surface area contributed by atoms with Gasteiger partial charge in [0.25, 0.3) is 0 Å². The minimum atomic E-state index is -4.37. The average Bonchev–Trinajstić information content (AvgIpc) is 2.83. The van der Waals surface area contributed by atoms with E-state index < -0.39 is 21.6 Å². The summed E-state index contributed by atoms with van der Waals surface area (Å²) in [6.07, 6.45) is -3.05. The summed E-state index contributed by atoms with van der Waals surface area (Å²) in [5, 5.41) is 11.4. The van der Waals surface area contributed by atoms with Gasteiger partial charge in [-0.1, -0.05) is 12.1 Å². The molecule has 0 spiro atoms. The van der Waals surface area contributed by atoms with Crippen molar-refractivity contribution in [2.45, 2.75) is 19.1 Å². The van der Waals surface area contributed by atoms with Crippen molar-refractivity contribution in [2.24, 2.45) is 0 Å². The molecule has 10 heteroatoms. The zero-order chi connectivity index (χ0) is 16.4. The van der Waals surface area contributed by atoms with Crippen molar-refractivity contribution in [3.05, 3.63) is 41.2 Å². The molecule has 2 rings (SSSR count). The Morgan fingerprint density at radius 3 is 2.36 bits per heavy atom. The summed E-state index contributed by atoms with van der Waals surface area (Å²) in [6.45, 7) is 0.0822. The van der Waals surface area contributed by atoms with Gasteiger partial charge in [0.2, 0.25) is 0 Å². The van der Waals surface area contributed by atoms with E-state index in [4.69, 9.17) is 0 Å². The van der Waals surface area contributed by atoms with Crippen LogP contribution in [-0.2, 0) is 29.0 Å². The molecule has 1 heterocycles. The van der Waals surface area contributed by atoms with Gasteiger partial charge in [-0.25, -0.2) is 8.42 Å². The van der Waals surface area contributed by atoms with E-state index in [2.05, 4.69) is 15.4 Å². The highest BCUT2D eigenvalue weighted by Gasteiger charge is 2.29. The topological polar surface area (TPSA) is 77.7 Å². The van der Waals surface area contributed by atoms with Crippen molar-refractivity contribution in [3.63, 3.8) is 0 Å². The maximum Gasteiger partial charge on any atom is 0.416 e. The van der Waals surface area contributed by atoms with Crippen LogP contribution >= 0.6 is 0 Å². The summed E-state index contributed by atoms with van der Waals surface area (Å²) in [5.74, 6) is 0.205. The number of benzene rings is 1.